The molecule has 2 aromatic carbocycles. The summed E-state index contributed by atoms with van der Waals surface area (Å²) in [5.41, 5.74) is 5.89. The average molecular weight is 378 g/mol. The Morgan fingerprint density at radius 1 is 1.15 bits per heavy atom. The topological polar surface area (TPSA) is 37.7 Å². The van der Waals surface area contributed by atoms with Crippen LogP contribution in [-0.2, 0) is 6.42 Å². The molecule has 0 bridgehead atoms. The number of methoxy groups -OCH3 is 1. The summed E-state index contributed by atoms with van der Waals surface area (Å²) in [4.78, 5) is 13.0. The summed E-state index contributed by atoms with van der Waals surface area (Å²) < 4.78 is 5.32. The van der Waals surface area contributed by atoms with E-state index in [4.69, 9.17) is 9.72 Å². The fraction of sp³-hybridized carbons (Fsp3) is 0.273. The van der Waals surface area contributed by atoms with Crippen LogP contribution in [0.5, 0.6) is 5.75 Å². The molecule has 27 heavy (non-hydrogen) atoms. The third-order valence-electron chi connectivity index (χ3n) is 4.95. The minimum atomic E-state index is 0.814. The minimum absolute atomic E-state index is 0.814. The number of aromatic nitrogens is 1. The summed E-state index contributed by atoms with van der Waals surface area (Å²) in [7, 11) is 1.70. The molecule has 1 heterocycles. The summed E-state index contributed by atoms with van der Waals surface area (Å²) >= 11 is 1.67. The zero-order valence-corrected chi connectivity index (χ0v) is 16.7. The van der Waals surface area contributed by atoms with Gasteiger partial charge in [0, 0.05) is 41.9 Å². The maximum absolute atomic E-state index is 5.32. The van der Waals surface area contributed by atoms with Crippen LogP contribution in [0.1, 0.15) is 29.9 Å². The smallest absolute Gasteiger partial charge is 0.209 e. The zero-order valence-electron chi connectivity index (χ0n) is 15.9. The van der Waals surface area contributed by atoms with E-state index >= 15 is 0 Å². The van der Waals surface area contributed by atoms with Crippen molar-refractivity contribution in [1.82, 2.24) is 4.98 Å². The SMILES string of the molecule is CCN(CC)c1ccc(C=Nc2nc3c(s2)Cc2cc(OC)ccc2-3)cc1. The molecule has 4 rings (SSSR count). The maximum Gasteiger partial charge on any atom is 0.209 e. The van der Waals surface area contributed by atoms with Crippen molar-refractivity contribution in [3.05, 3.63) is 58.5 Å². The second kappa shape index (κ2) is 7.53. The Morgan fingerprint density at radius 3 is 2.63 bits per heavy atom. The highest BCUT2D eigenvalue weighted by molar-refractivity contribution is 7.15. The monoisotopic (exact) mass is 377 g/mol. The van der Waals surface area contributed by atoms with Gasteiger partial charge in [0.25, 0.3) is 0 Å². The lowest BCUT2D eigenvalue weighted by Crippen LogP contribution is -2.21. The Morgan fingerprint density at radius 2 is 1.93 bits per heavy atom. The van der Waals surface area contributed by atoms with Gasteiger partial charge in [-0.05, 0) is 55.3 Å². The van der Waals surface area contributed by atoms with Crippen LogP contribution in [-0.4, -0.2) is 31.4 Å². The molecule has 0 saturated heterocycles. The van der Waals surface area contributed by atoms with Crippen molar-refractivity contribution in [2.75, 3.05) is 25.1 Å². The molecule has 0 aliphatic heterocycles. The van der Waals surface area contributed by atoms with E-state index in [0.29, 0.717) is 0 Å². The molecule has 3 aromatic rings. The number of hydrogen-bond acceptors (Lipinski definition) is 5. The van der Waals surface area contributed by atoms with Crippen molar-refractivity contribution in [2.24, 2.45) is 4.99 Å². The molecule has 0 radical (unpaired) electrons. The van der Waals surface area contributed by atoms with Crippen LogP contribution in [0.3, 0.4) is 0 Å². The van der Waals surface area contributed by atoms with Crippen molar-refractivity contribution < 1.29 is 4.74 Å². The molecule has 0 N–H and O–H groups in total. The Balaban J connectivity index is 1.52. The number of anilines is 1. The van der Waals surface area contributed by atoms with Gasteiger partial charge in [0.15, 0.2) is 0 Å². The second-order valence-electron chi connectivity index (χ2n) is 6.49. The van der Waals surface area contributed by atoms with Crippen LogP contribution >= 0.6 is 11.3 Å². The van der Waals surface area contributed by atoms with Crippen molar-refractivity contribution in [2.45, 2.75) is 20.3 Å². The van der Waals surface area contributed by atoms with Gasteiger partial charge >= 0.3 is 0 Å². The van der Waals surface area contributed by atoms with Crippen molar-refractivity contribution in [3.63, 3.8) is 0 Å². The Hall–Kier alpha value is -2.66. The molecule has 1 aliphatic rings. The van der Waals surface area contributed by atoms with Crippen LogP contribution in [0.15, 0.2) is 47.5 Å². The molecule has 0 spiro atoms. The number of aliphatic imine (C=N–C) groups is 1. The van der Waals surface area contributed by atoms with Gasteiger partial charge in [0.05, 0.1) is 12.8 Å². The lowest BCUT2D eigenvalue weighted by atomic mass is 10.1. The lowest BCUT2D eigenvalue weighted by Gasteiger charge is -2.20. The summed E-state index contributed by atoms with van der Waals surface area (Å²) in [5, 5.41) is 0.814. The van der Waals surface area contributed by atoms with Crippen LogP contribution < -0.4 is 9.64 Å². The first-order chi connectivity index (χ1) is 13.2. The third-order valence-corrected chi connectivity index (χ3v) is 5.91. The van der Waals surface area contributed by atoms with E-state index in [1.807, 2.05) is 12.3 Å². The molecule has 1 aliphatic carbocycles. The Kier molecular flexibility index (Phi) is 4.94. The molecule has 0 amide bonds. The largest absolute Gasteiger partial charge is 0.497 e. The average Bonchev–Trinajstić information content (AvgIpc) is 3.25. The Bertz CT molecular complexity index is 972. The number of rotatable bonds is 6. The molecule has 1 aromatic heterocycles. The second-order valence-corrected chi connectivity index (χ2v) is 7.55. The predicted molar refractivity (Wildman–Crippen MR) is 114 cm³/mol. The number of thiazole rings is 1. The standard InChI is InChI=1S/C22H23N3OS/c1-4-25(5-2)17-8-6-15(7-9-17)14-23-22-24-21-19-11-10-18(26-3)12-16(19)13-20(21)27-22/h6-12,14H,4-5,13H2,1-3H3. The van der Waals surface area contributed by atoms with Gasteiger partial charge in [0.1, 0.15) is 5.75 Å². The highest BCUT2D eigenvalue weighted by atomic mass is 32.1. The zero-order chi connectivity index (χ0) is 18.8. The van der Waals surface area contributed by atoms with E-state index in [1.54, 1.807) is 18.4 Å². The van der Waals surface area contributed by atoms with E-state index in [0.717, 1.165) is 41.6 Å². The number of fused-ring (bicyclic) bond motifs is 3. The van der Waals surface area contributed by atoms with E-state index in [1.165, 1.54) is 21.7 Å². The molecule has 0 fully saturated rings. The Labute approximate surface area is 164 Å². The van der Waals surface area contributed by atoms with Crippen LogP contribution in [0, 0.1) is 0 Å². The lowest BCUT2D eigenvalue weighted by molar-refractivity contribution is 0.414. The van der Waals surface area contributed by atoms with Crippen LogP contribution in [0.2, 0.25) is 0 Å². The number of benzene rings is 2. The molecule has 0 unspecified atom stereocenters. The molecule has 0 atom stereocenters. The number of hydrogen-bond donors (Lipinski definition) is 0. The predicted octanol–water partition coefficient (Wildman–Crippen LogP) is 5.32. The van der Waals surface area contributed by atoms with Crippen molar-refractivity contribution in [1.29, 1.82) is 0 Å². The highest BCUT2D eigenvalue weighted by Crippen LogP contribution is 2.42. The molecular weight excluding hydrogens is 354 g/mol. The van der Waals surface area contributed by atoms with E-state index in [2.05, 4.69) is 60.1 Å². The van der Waals surface area contributed by atoms with Crippen LogP contribution in [0.25, 0.3) is 11.3 Å². The van der Waals surface area contributed by atoms with Gasteiger partial charge in [-0.1, -0.05) is 23.5 Å². The summed E-state index contributed by atoms with van der Waals surface area (Å²) in [5.74, 6) is 0.898. The highest BCUT2D eigenvalue weighted by Gasteiger charge is 2.23. The first-order valence-electron chi connectivity index (χ1n) is 9.28. The quantitative estimate of drug-likeness (QED) is 0.427. The maximum atomic E-state index is 5.32. The molecule has 0 saturated carbocycles. The summed E-state index contributed by atoms with van der Waals surface area (Å²) in [6.45, 7) is 6.38. The van der Waals surface area contributed by atoms with Crippen molar-refractivity contribution >= 4 is 28.4 Å². The fourth-order valence-electron chi connectivity index (χ4n) is 3.46. The summed E-state index contributed by atoms with van der Waals surface area (Å²) in [6, 6.07) is 14.7. The van der Waals surface area contributed by atoms with Gasteiger partial charge in [-0.2, -0.15) is 0 Å². The molecule has 4 nitrogen and oxygen atoms in total. The minimum Gasteiger partial charge on any atom is -0.497 e. The van der Waals surface area contributed by atoms with Gasteiger partial charge in [-0.3, -0.25) is 0 Å². The van der Waals surface area contributed by atoms with Crippen LogP contribution in [0.4, 0.5) is 10.8 Å². The molecule has 5 heteroatoms. The fourth-order valence-corrected chi connectivity index (χ4v) is 4.40. The van der Waals surface area contributed by atoms with E-state index in [-0.39, 0.29) is 0 Å². The van der Waals surface area contributed by atoms with E-state index < -0.39 is 0 Å². The van der Waals surface area contributed by atoms with Crippen molar-refractivity contribution in [3.8, 4) is 17.0 Å². The molecular formula is C22H23N3OS. The normalized spacial score (nSPS) is 12.3. The van der Waals surface area contributed by atoms with Gasteiger partial charge in [-0.25, -0.2) is 9.98 Å². The van der Waals surface area contributed by atoms with E-state index in [9.17, 15) is 0 Å². The van der Waals surface area contributed by atoms with Gasteiger partial charge < -0.3 is 9.64 Å². The number of ether oxygens (including phenoxy) is 1. The first kappa shape index (κ1) is 17.7. The third kappa shape index (κ3) is 3.47. The van der Waals surface area contributed by atoms with Gasteiger partial charge in [0.2, 0.25) is 5.13 Å². The molecule has 138 valence electrons. The summed E-state index contributed by atoms with van der Waals surface area (Å²) in [6.07, 6.45) is 2.81. The van der Waals surface area contributed by atoms with Gasteiger partial charge in [-0.15, -0.1) is 0 Å². The first-order valence-corrected chi connectivity index (χ1v) is 10.1. The number of nitrogens with zero attached hydrogens (tertiary/aromatic N) is 3.